The molecule has 96 valence electrons. The fourth-order valence-electron chi connectivity index (χ4n) is 1.87. The standard InChI is InChI=1S/C13H16N2O3/c16-10-14-12-3-1-11(2-4-12)13(17)9-15-5-7-18-8-6-15/h1-4,10H,5-9H2,(H,14,16). The molecule has 0 aromatic heterocycles. The Hall–Kier alpha value is -1.72. The number of hydrogen-bond donors (Lipinski definition) is 1. The number of benzene rings is 1. The van der Waals surface area contributed by atoms with Crippen molar-refractivity contribution < 1.29 is 14.3 Å². The van der Waals surface area contributed by atoms with Crippen molar-refractivity contribution in [3.63, 3.8) is 0 Å². The molecule has 0 saturated carbocycles. The van der Waals surface area contributed by atoms with Crippen LogP contribution in [0.15, 0.2) is 24.3 Å². The maximum Gasteiger partial charge on any atom is 0.211 e. The Labute approximate surface area is 106 Å². The molecule has 2 rings (SSSR count). The minimum atomic E-state index is 0.0922. The van der Waals surface area contributed by atoms with Crippen LogP contribution in [0.3, 0.4) is 0 Å². The first-order valence-corrected chi connectivity index (χ1v) is 5.93. The van der Waals surface area contributed by atoms with Crippen molar-refractivity contribution in [3.05, 3.63) is 29.8 Å². The molecule has 1 aliphatic heterocycles. The summed E-state index contributed by atoms with van der Waals surface area (Å²) in [5.41, 5.74) is 1.35. The van der Waals surface area contributed by atoms with Crippen molar-refractivity contribution in [2.75, 3.05) is 38.2 Å². The maximum atomic E-state index is 12.0. The third-order valence-corrected chi connectivity index (χ3v) is 2.90. The Morgan fingerprint density at radius 3 is 2.56 bits per heavy atom. The van der Waals surface area contributed by atoms with Crippen LogP contribution in [0.1, 0.15) is 10.4 Å². The summed E-state index contributed by atoms with van der Waals surface area (Å²) in [6, 6.07) is 6.91. The third kappa shape index (κ3) is 3.38. The summed E-state index contributed by atoms with van der Waals surface area (Å²) in [6.45, 7) is 3.40. The molecule has 0 unspecified atom stereocenters. The van der Waals surface area contributed by atoms with Gasteiger partial charge in [-0.1, -0.05) is 0 Å². The molecule has 0 aliphatic carbocycles. The van der Waals surface area contributed by atoms with Gasteiger partial charge in [0.25, 0.3) is 0 Å². The lowest BCUT2D eigenvalue weighted by molar-refractivity contribution is -0.105. The first-order chi connectivity index (χ1) is 8.79. The topological polar surface area (TPSA) is 58.6 Å². The number of amides is 1. The van der Waals surface area contributed by atoms with Crippen molar-refractivity contribution >= 4 is 17.9 Å². The molecule has 1 aliphatic rings. The van der Waals surface area contributed by atoms with Crippen LogP contribution in [-0.4, -0.2) is 49.9 Å². The molecule has 0 bridgehead atoms. The number of Topliss-reactive ketones (excluding diaryl/α,β-unsaturated/α-hetero) is 1. The van der Waals surface area contributed by atoms with E-state index < -0.39 is 0 Å². The molecule has 1 heterocycles. The van der Waals surface area contributed by atoms with Gasteiger partial charge in [0, 0.05) is 24.3 Å². The molecule has 0 atom stereocenters. The number of hydrogen-bond acceptors (Lipinski definition) is 4. The zero-order valence-corrected chi connectivity index (χ0v) is 10.1. The van der Waals surface area contributed by atoms with Crippen LogP contribution in [0.25, 0.3) is 0 Å². The van der Waals surface area contributed by atoms with Crippen LogP contribution in [0.5, 0.6) is 0 Å². The maximum absolute atomic E-state index is 12.0. The molecule has 1 fully saturated rings. The minimum Gasteiger partial charge on any atom is -0.379 e. The number of nitrogens with one attached hydrogen (secondary N) is 1. The quantitative estimate of drug-likeness (QED) is 0.617. The predicted octanol–water partition coefficient (Wildman–Crippen LogP) is 0.770. The summed E-state index contributed by atoms with van der Waals surface area (Å²) in [5, 5.41) is 2.54. The van der Waals surface area contributed by atoms with E-state index in [4.69, 9.17) is 4.74 Å². The Balaban J connectivity index is 1.93. The number of ketones is 1. The van der Waals surface area contributed by atoms with Crippen molar-refractivity contribution in [1.29, 1.82) is 0 Å². The van der Waals surface area contributed by atoms with Crippen LogP contribution < -0.4 is 5.32 Å². The Morgan fingerprint density at radius 1 is 1.28 bits per heavy atom. The van der Waals surface area contributed by atoms with Gasteiger partial charge in [-0.3, -0.25) is 14.5 Å². The summed E-state index contributed by atoms with van der Waals surface area (Å²) in [6.07, 6.45) is 0.616. The minimum absolute atomic E-state index is 0.0922. The highest BCUT2D eigenvalue weighted by molar-refractivity contribution is 5.98. The molecular weight excluding hydrogens is 232 g/mol. The zero-order chi connectivity index (χ0) is 12.8. The molecule has 1 aromatic rings. The second-order valence-corrected chi connectivity index (χ2v) is 4.15. The number of morpholine rings is 1. The van der Waals surface area contributed by atoms with Crippen LogP contribution in [0.4, 0.5) is 5.69 Å². The van der Waals surface area contributed by atoms with Crippen molar-refractivity contribution in [3.8, 4) is 0 Å². The van der Waals surface area contributed by atoms with Gasteiger partial charge in [-0.2, -0.15) is 0 Å². The van der Waals surface area contributed by atoms with Gasteiger partial charge in [-0.05, 0) is 24.3 Å². The molecule has 5 nitrogen and oxygen atoms in total. The predicted molar refractivity (Wildman–Crippen MR) is 67.7 cm³/mol. The number of anilines is 1. The van der Waals surface area contributed by atoms with Gasteiger partial charge in [0.05, 0.1) is 19.8 Å². The van der Waals surface area contributed by atoms with E-state index in [1.165, 1.54) is 0 Å². The van der Waals surface area contributed by atoms with Gasteiger partial charge in [-0.15, -0.1) is 0 Å². The van der Waals surface area contributed by atoms with E-state index in [2.05, 4.69) is 10.2 Å². The highest BCUT2D eigenvalue weighted by Gasteiger charge is 2.15. The lowest BCUT2D eigenvalue weighted by Crippen LogP contribution is -2.39. The van der Waals surface area contributed by atoms with Gasteiger partial charge in [0.1, 0.15) is 0 Å². The van der Waals surface area contributed by atoms with Crippen molar-refractivity contribution in [2.24, 2.45) is 0 Å². The van der Waals surface area contributed by atoms with Gasteiger partial charge in [-0.25, -0.2) is 0 Å². The summed E-state index contributed by atoms with van der Waals surface area (Å²) >= 11 is 0. The lowest BCUT2D eigenvalue weighted by atomic mass is 10.1. The number of carbonyl (C=O) groups is 2. The van der Waals surface area contributed by atoms with E-state index in [1.54, 1.807) is 24.3 Å². The lowest BCUT2D eigenvalue weighted by Gasteiger charge is -2.25. The Morgan fingerprint density at radius 2 is 1.94 bits per heavy atom. The van der Waals surface area contributed by atoms with Crippen molar-refractivity contribution in [2.45, 2.75) is 0 Å². The van der Waals surface area contributed by atoms with Gasteiger partial charge < -0.3 is 10.1 Å². The fraction of sp³-hybridized carbons (Fsp3) is 0.385. The molecule has 5 heteroatoms. The number of nitrogens with zero attached hydrogens (tertiary/aromatic N) is 1. The van der Waals surface area contributed by atoms with E-state index in [1.807, 2.05) is 0 Å². The normalized spacial score (nSPS) is 16.2. The van der Waals surface area contributed by atoms with Gasteiger partial charge >= 0.3 is 0 Å². The molecular formula is C13H16N2O3. The number of ether oxygens (including phenoxy) is 1. The molecule has 0 radical (unpaired) electrons. The molecule has 1 saturated heterocycles. The van der Waals surface area contributed by atoms with Gasteiger partial charge in [0.2, 0.25) is 6.41 Å². The Bertz CT molecular complexity index is 411. The first kappa shape index (κ1) is 12.7. The van der Waals surface area contributed by atoms with Crippen LogP contribution in [0.2, 0.25) is 0 Å². The summed E-state index contributed by atoms with van der Waals surface area (Å²) in [7, 11) is 0. The Kier molecular flexibility index (Phi) is 4.44. The smallest absolute Gasteiger partial charge is 0.211 e. The number of rotatable bonds is 5. The fourth-order valence-corrected chi connectivity index (χ4v) is 1.87. The van der Waals surface area contributed by atoms with Crippen LogP contribution in [-0.2, 0) is 9.53 Å². The summed E-state index contributed by atoms with van der Waals surface area (Å²) < 4.78 is 5.24. The third-order valence-electron chi connectivity index (χ3n) is 2.90. The largest absolute Gasteiger partial charge is 0.379 e. The van der Waals surface area contributed by atoms with E-state index in [0.717, 1.165) is 13.1 Å². The average molecular weight is 248 g/mol. The molecule has 0 spiro atoms. The first-order valence-electron chi connectivity index (χ1n) is 5.93. The summed E-state index contributed by atoms with van der Waals surface area (Å²) in [5.74, 6) is 0.0922. The van der Waals surface area contributed by atoms with E-state index in [-0.39, 0.29) is 5.78 Å². The second kappa shape index (κ2) is 6.28. The zero-order valence-electron chi connectivity index (χ0n) is 10.1. The number of carbonyl (C=O) groups excluding carboxylic acids is 2. The van der Waals surface area contributed by atoms with Crippen molar-refractivity contribution in [1.82, 2.24) is 4.90 Å². The average Bonchev–Trinajstić information content (AvgIpc) is 2.41. The molecule has 18 heavy (non-hydrogen) atoms. The van der Waals surface area contributed by atoms with Crippen LogP contribution in [0, 0.1) is 0 Å². The van der Waals surface area contributed by atoms with E-state index >= 15 is 0 Å². The highest BCUT2D eigenvalue weighted by atomic mass is 16.5. The van der Waals surface area contributed by atoms with Gasteiger partial charge in [0.15, 0.2) is 5.78 Å². The van der Waals surface area contributed by atoms with E-state index in [0.29, 0.717) is 37.4 Å². The SMILES string of the molecule is O=CNc1ccc(C(=O)CN2CCOCC2)cc1. The molecule has 1 amide bonds. The second-order valence-electron chi connectivity index (χ2n) is 4.15. The summed E-state index contributed by atoms with van der Waals surface area (Å²) in [4.78, 5) is 24.4. The molecule has 1 aromatic carbocycles. The van der Waals surface area contributed by atoms with Crippen LogP contribution >= 0.6 is 0 Å². The van der Waals surface area contributed by atoms with E-state index in [9.17, 15) is 9.59 Å². The highest BCUT2D eigenvalue weighted by Crippen LogP contribution is 2.10. The molecule has 1 N–H and O–H groups in total. The monoisotopic (exact) mass is 248 g/mol.